The van der Waals surface area contributed by atoms with Crippen LogP contribution in [-0.4, -0.2) is 14.1 Å². The zero-order chi connectivity index (χ0) is 22.2. The lowest BCUT2D eigenvalue weighted by atomic mass is 10.1. The van der Waals surface area contributed by atoms with Gasteiger partial charge >= 0.3 is 8.32 Å². The van der Waals surface area contributed by atoms with Crippen molar-refractivity contribution in [1.29, 1.82) is 0 Å². The highest BCUT2D eigenvalue weighted by atomic mass is 28.4. The molecule has 0 N–H and O–H groups in total. The fourth-order valence-electron chi connectivity index (χ4n) is 4.06. The van der Waals surface area contributed by atoms with E-state index in [1.54, 1.807) is 0 Å². The van der Waals surface area contributed by atoms with Crippen molar-refractivity contribution in [2.45, 2.75) is 45.1 Å². The van der Waals surface area contributed by atoms with E-state index in [9.17, 15) is 4.79 Å². The average molecular weight is 429 g/mol. The third-order valence-corrected chi connectivity index (χ3v) is 10.5. The maximum absolute atomic E-state index is 12.3. The summed E-state index contributed by atoms with van der Waals surface area (Å²) in [5, 5.41) is 2.47. The fourth-order valence-corrected chi connectivity index (χ4v) is 8.37. The standard InChI is InChI=1S/C28H32O2Si/c1-28(2,3)31(25-18-10-5-11-19-25,26-20-12-6-13-21-26)30-23-15-7-14-22-27(29)24-16-8-4-9-17-24/h4-6,8-13,15-21,23H,7,14,22H2,1-3H3/b23-15+. The van der Waals surface area contributed by atoms with Crippen LogP contribution in [0.15, 0.2) is 103 Å². The molecule has 0 aliphatic carbocycles. The van der Waals surface area contributed by atoms with Gasteiger partial charge in [-0.05, 0) is 28.3 Å². The maximum atomic E-state index is 12.3. The Hall–Kier alpha value is -2.91. The molecule has 0 spiro atoms. The molecule has 160 valence electrons. The highest BCUT2D eigenvalue weighted by Crippen LogP contribution is 2.36. The van der Waals surface area contributed by atoms with E-state index in [0.29, 0.717) is 6.42 Å². The topological polar surface area (TPSA) is 26.3 Å². The number of rotatable bonds is 9. The summed E-state index contributed by atoms with van der Waals surface area (Å²) in [5.41, 5.74) is 0.787. The Balaban J connectivity index is 1.74. The van der Waals surface area contributed by atoms with Gasteiger partial charge in [0.05, 0.1) is 6.26 Å². The minimum absolute atomic E-state index is 0.0523. The van der Waals surface area contributed by atoms with Crippen LogP contribution in [0.25, 0.3) is 0 Å². The van der Waals surface area contributed by atoms with Crippen LogP contribution >= 0.6 is 0 Å². The summed E-state index contributed by atoms with van der Waals surface area (Å²) in [6.07, 6.45) is 6.13. The second-order valence-corrected chi connectivity index (χ2v) is 13.1. The molecule has 0 heterocycles. The fraction of sp³-hybridized carbons (Fsp3) is 0.250. The van der Waals surface area contributed by atoms with Gasteiger partial charge in [0.15, 0.2) is 5.78 Å². The van der Waals surface area contributed by atoms with Crippen molar-refractivity contribution in [3.63, 3.8) is 0 Å². The molecule has 31 heavy (non-hydrogen) atoms. The Labute approximate surface area is 187 Å². The van der Waals surface area contributed by atoms with Gasteiger partial charge in [-0.25, -0.2) is 0 Å². The Morgan fingerprint density at radius 1 is 0.806 bits per heavy atom. The smallest absolute Gasteiger partial charge is 0.319 e. The zero-order valence-electron chi connectivity index (χ0n) is 18.8. The molecule has 3 rings (SSSR count). The van der Waals surface area contributed by atoms with E-state index in [2.05, 4.69) is 87.5 Å². The van der Waals surface area contributed by atoms with Crippen LogP contribution in [0.5, 0.6) is 0 Å². The van der Waals surface area contributed by atoms with Crippen molar-refractivity contribution in [1.82, 2.24) is 0 Å². The van der Waals surface area contributed by atoms with Crippen LogP contribution in [0, 0.1) is 0 Å². The highest BCUT2D eigenvalue weighted by Gasteiger charge is 2.51. The molecule has 0 unspecified atom stereocenters. The Morgan fingerprint density at radius 2 is 1.29 bits per heavy atom. The Morgan fingerprint density at radius 3 is 1.77 bits per heavy atom. The average Bonchev–Trinajstić information content (AvgIpc) is 2.79. The number of Topliss-reactive ketones (excluding diaryl/α,β-unsaturated/α-hetero) is 1. The number of carbonyl (C=O) groups is 1. The largest absolute Gasteiger partial charge is 0.540 e. The first-order chi connectivity index (χ1) is 14.9. The number of unbranched alkanes of at least 4 members (excludes halogenated alkanes) is 1. The van der Waals surface area contributed by atoms with Crippen LogP contribution < -0.4 is 10.4 Å². The van der Waals surface area contributed by atoms with Crippen molar-refractivity contribution in [2.75, 3.05) is 0 Å². The Bertz CT molecular complexity index is 934. The van der Waals surface area contributed by atoms with E-state index in [0.717, 1.165) is 18.4 Å². The van der Waals surface area contributed by atoms with Gasteiger partial charge in [-0.15, -0.1) is 0 Å². The second-order valence-electron chi connectivity index (χ2n) is 8.83. The predicted octanol–water partition coefficient (Wildman–Crippen LogP) is 6.13. The van der Waals surface area contributed by atoms with Crippen LogP contribution in [-0.2, 0) is 4.43 Å². The van der Waals surface area contributed by atoms with Crippen LogP contribution in [0.1, 0.15) is 50.4 Å². The van der Waals surface area contributed by atoms with Gasteiger partial charge < -0.3 is 4.43 Å². The highest BCUT2D eigenvalue weighted by molar-refractivity contribution is 6.99. The first kappa shape index (κ1) is 22.8. The first-order valence-corrected chi connectivity index (χ1v) is 12.9. The minimum Gasteiger partial charge on any atom is -0.540 e. The van der Waals surface area contributed by atoms with Gasteiger partial charge in [-0.1, -0.05) is 118 Å². The van der Waals surface area contributed by atoms with E-state index in [1.165, 1.54) is 10.4 Å². The number of carbonyl (C=O) groups excluding carboxylic acids is 1. The van der Waals surface area contributed by atoms with Crippen molar-refractivity contribution >= 4 is 24.5 Å². The molecule has 3 heteroatoms. The van der Waals surface area contributed by atoms with Crippen LogP contribution in [0.4, 0.5) is 0 Å². The summed E-state index contributed by atoms with van der Waals surface area (Å²) < 4.78 is 6.73. The molecular weight excluding hydrogens is 396 g/mol. The number of hydrogen-bond acceptors (Lipinski definition) is 2. The van der Waals surface area contributed by atoms with Gasteiger partial charge in [0.1, 0.15) is 0 Å². The molecule has 0 radical (unpaired) electrons. The summed E-state index contributed by atoms with van der Waals surface area (Å²) >= 11 is 0. The monoisotopic (exact) mass is 428 g/mol. The lowest BCUT2D eigenvalue weighted by Gasteiger charge is -2.41. The molecule has 0 saturated heterocycles. The van der Waals surface area contributed by atoms with E-state index in [1.807, 2.05) is 36.6 Å². The minimum atomic E-state index is -2.54. The summed E-state index contributed by atoms with van der Waals surface area (Å²) in [6, 6.07) is 30.7. The van der Waals surface area contributed by atoms with Crippen LogP contribution in [0.3, 0.4) is 0 Å². The molecule has 0 bridgehead atoms. The van der Waals surface area contributed by atoms with Crippen molar-refractivity contribution < 1.29 is 9.22 Å². The first-order valence-electron chi connectivity index (χ1n) is 11.0. The molecule has 0 aromatic heterocycles. The lowest BCUT2D eigenvalue weighted by molar-refractivity contribution is 0.0980. The number of benzene rings is 3. The van der Waals surface area contributed by atoms with Crippen molar-refractivity contribution in [3.8, 4) is 0 Å². The second kappa shape index (κ2) is 10.4. The zero-order valence-corrected chi connectivity index (χ0v) is 19.8. The van der Waals surface area contributed by atoms with Gasteiger partial charge in [-0.2, -0.15) is 0 Å². The van der Waals surface area contributed by atoms with Crippen molar-refractivity contribution in [3.05, 3.63) is 109 Å². The van der Waals surface area contributed by atoms with Gasteiger partial charge in [0, 0.05) is 12.0 Å². The quantitative estimate of drug-likeness (QED) is 0.177. The third-order valence-electron chi connectivity index (χ3n) is 5.63. The SMILES string of the molecule is CC(C)(C)[Si](O/C=C/CCCC(=O)c1ccccc1)(c1ccccc1)c1ccccc1. The summed E-state index contributed by atoms with van der Waals surface area (Å²) in [4.78, 5) is 12.3. The number of ketones is 1. The summed E-state index contributed by atoms with van der Waals surface area (Å²) in [5.74, 6) is 0.196. The number of hydrogen-bond donors (Lipinski definition) is 0. The van der Waals surface area contributed by atoms with Gasteiger partial charge in [0.25, 0.3) is 0 Å². The molecule has 0 fully saturated rings. The van der Waals surface area contributed by atoms with E-state index >= 15 is 0 Å². The predicted molar refractivity (Wildman–Crippen MR) is 132 cm³/mol. The Kier molecular flexibility index (Phi) is 7.64. The normalized spacial score (nSPS) is 12.1. The summed E-state index contributed by atoms with van der Waals surface area (Å²) in [7, 11) is -2.54. The lowest BCUT2D eigenvalue weighted by Crippen LogP contribution is -2.65. The molecule has 3 aromatic rings. The molecule has 0 aliphatic heterocycles. The molecule has 0 saturated carbocycles. The molecule has 0 atom stereocenters. The van der Waals surface area contributed by atoms with E-state index < -0.39 is 8.32 Å². The molecule has 0 aliphatic rings. The molecule has 2 nitrogen and oxygen atoms in total. The molecule has 3 aromatic carbocycles. The summed E-state index contributed by atoms with van der Waals surface area (Å²) in [6.45, 7) is 6.81. The molecule has 0 amide bonds. The maximum Gasteiger partial charge on any atom is 0.319 e. The van der Waals surface area contributed by atoms with Gasteiger partial charge in [0.2, 0.25) is 0 Å². The van der Waals surface area contributed by atoms with Crippen molar-refractivity contribution in [2.24, 2.45) is 0 Å². The van der Waals surface area contributed by atoms with E-state index in [-0.39, 0.29) is 10.8 Å². The number of allylic oxidation sites excluding steroid dienone is 1. The van der Waals surface area contributed by atoms with E-state index in [4.69, 9.17) is 4.43 Å². The van der Waals surface area contributed by atoms with Gasteiger partial charge in [-0.3, -0.25) is 4.79 Å². The third kappa shape index (κ3) is 5.42. The molecular formula is C28H32O2Si. The van der Waals surface area contributed by atoms with Crippen LogP contribution in [0.2, 0.25) is 5.04 Å².